The van der Waals surface area contributed by atoms with E-state index in [9.17, 15) is 0 Å². The number of fused-ring (bicyclic) bond motifs is 5. The van der Waals surface area contributed by atoms with E-state index in [1.54, 1.807) is 11.3 Å². The molecule has 0 amide bonds. The average molecular weight is 671 g/mol. The Hall–Kier alpha value is -6.49. The molecule has 4 heteroatoms. The van der Waals surface area contributed by atoms with Gasteiger partial charge in [-0.05, 0) is 75.5 Å². The van der Waals surface area contributed by atoms with E-state index in [0.717, 1.165) is 59.8 Å². The minimum atomic E-state index is 0.849. The largest absolute Gasteiger partial charge is 0.456 e. The maximum absolute atomic E-state index is 6.59. The zero-order valence-electron chi connectivity index (χ0n) is 27.5. The van der Waals surface area contributed by atoms with Crippen molar-refractivity contribution in [1.82, 2.24) is 4.98 Å². The summed E-state index contributed by atoms with van der Waals surface area (Å²) in [5.41, 5.74) is 11.8. The van der Waals surface area contributed by atoms with Crippen LogP contribution in [0.1, 0.15) is 0 Å². The maximum Gasteiger partial charge on any atom is 0.137 e. The van der Waals surface area contributed by atoms with Crippen molar-refractivity contribution in [3.8, 4) is 32.8 Å². The molecule has 0 atom stereocenters. The third-order valence-corrected chi connectivity index (χ3v) is 10.8. The SMILES string of the molecule is c1ccc(-c2ccc(N(c3ccc(-c4cccc5ccccc45)cc3)c3ccc4c(c3)oc3cc5sc(-c6ccccc6)nc5cc34)cc2)cc1. The van der Waals surface area contributed by atoms with Crippen molar-refractivity contribution in [3.63, 3.8) is 0 Å². The first-order valence-corrected chi connectivity index (χ1v) is 17.9. The fourth-order valence-corrected chi connectivity index (χ4v) is 8.16. The van der Waals surface area contributed by atoms with Crippen LogP contribution < -0.4 is 4.90 Å². The molecule has 8 aromatic carbocycles. The monoisotopic (exact) mass is 670 g/mol. The van der Waals surface area contributed by atoms with Gasteiger partial charge in [0.15, 0.2) is 0 Å². The van der Waals surface area contributed by atoms with Crippen LogP contribution in [0.25, 0.3) is 75.8 Å². The van der Waals surface area contributed by atoms with Gasteiger partial charge < -0.3 is 9.32 Å². The highest BCUT2D eigenvalue weighted by molar-refractivity contribution is 7.21. The third kappa shape index (κ3) is 5.25. The predicted octanol–water partition coefficient (Wildman–Crippen LogP) is 13.8. The molecular weight excluding hydrogens is 641 g/mol. The van der Waals surface area contributed by atoms with Crippen LogP contribution in [-0.4, -0.2) is 4.98 Å². The minimum Gasteiger partial charge on any atom is -0.456 e. The molecule has 0 unspecified atom stereocenters. The van der Waals surface area contributed by atoms with Crippen LogP contribution in [0.15, 0.2) is 186 Å². The average Bonchev–Trinajstić information content (AvgIpc) is 3.78. The summed E-state index contributed by atoms with van der Waals surface area (Å²) in [5.74, 6) is 0. The molecule has 2 heterocycles. The number of thiazole rings is 1. The lowest BCUT2D eigenvalue weighted by Crippen LogP contribution is -2.09. The summed E-state index contributed by atoms with van der Waals surface area (Å²) in [5, 5.41) is 5.67. The first-order valence-electron chi connectivity index (χ1n) is 17.1. The van der Waals surface area contributed by atoms with Gasteiger partial charge in [0.1, 0.15) is 16.2 Å². The van der Waals surface area contributed by atoms with Crippen LogP contribution in [-0.2, 0) is 0 Å². The molecule has 0 radical (unpaired) electrons. The number of hydrogen-bond acceptors (Lipinski definition) is 4. The van der Waals surface area contributed by atoms with Crippen molar-refractivity contribution in [2.24, 2.45) is 0 Å². The Morgan fingerprint density at radius 1 is 0.431 bits per heavy atom. The zero-order valence-corrected chi connectivity index (χ0v) is 28.3. The van der Waals surface area contributed by atoms with Crippen molar-refractivity contribution in [2.45, 2.75) is 0 Å². The quantitative estimate of drug-likeness (QED) is 0.176. The molecule has 0 saturated carbocycles. The Morgan fingerprint density at radius 3 is 1.80 bits per heavy atom. The van der Waals surface area contributed by atoms with Gasteiger partial charge in [0.25, 0.3) is 0 Å². The topological polar surface area (TPSA) is 29.3 Å². The van der Waals surface area contributed by atoms with Gasteiger partial charge in [-0.15, -0.1) is 11.3 Å². The van der Waals surface area contributed by atoms with E-state index in [0.29, 0.717) is 0 Å². The number of hydrogen-bond donors (Lipinski definition) is 0. The normalized spacial score (nSPS) is 11.5. The highest BCUT2D eigenvalue weighted by atomic mass is 32.1. The Morgan fingerprint density at radius 2 is 1.04 bits per heavy atom. The van der Waals surface area contributed by atoms with E-state index in [1.165, 1.54) is 33.0 Å². The molecule has 0 spiro atoms. The number of rotatable bonds is 6. The maximum atomic E-state index is 6.59. The Kier molecular flexibility index (Phi) is 7.00. The number of nitrogens with zero attached hydrogens (tertiary/aromatic N) is 2. The van der Waals surface area contributed by atoms with Crippen LogP contribution >= 0.6 is 11.3 Å². The molecule has 10 aromatic rings. The number of anilines is 3. The Bertz CT molecular complexity index is 2830. The molecule has 2 aromatic heterocycles. The summed E-state index contributed by atoms with van der Waals surface area (Å²) >= 11 is 1.70. The van der Waals surface area contributed by atoms with Crippen molar-refractivity contribution < 1.29 is 4.42 Å². The van der Waals surface area contributed by atoms with Gasteiger partial charge in [-0.25, -0.2) is 4.98 Å². The molecule has 240 valence electrons. The van der Waals surface area contributed by atoms with Crippen molar-refractivity contribution in [2.75, 3.05) is 4.90 Å². The fourth-order valence-electron chi connectivity index (χ4n) is 7.18. The Balaban J connectivity index is 1.07. The molecule has 0 aliphatic rings. The van der Waals surface area contributed by atoms with Crippen molar-refractivity contribution in [1.29, 1.82) is 0 Å². The van der Waals surface area contributed by atoms with E-state index < -0.39 is 0 Å². The predicted molar refractivity (Wildman–Crippen MR) is 215 cm³/mol. The number of benzene rings is 8. The lowest BCUT2D eigenvalue weighted by molar-refractivity contribution is 0.669. The molecule has 0 N–H and O–H groups in total. The molecule has 0 aliphatic heterocycles. The number of aromatic nitrogens is 1. The number of furan rings is 1. The summed E-state index contributed by atoms with van der Waals surface area (Å²) in [6, 6.07) is 64.5. The van der Waals surface area contributed by atoms with Gasteiger partial charge in [-0.1, -0.05) is 127 Å². The van der Waals surface area contributed by atoms with Gasteiger partial charge in [-0.3, -0.25) is 0 Å². The van der Waals surface area contributed by atoms with Crippen LogP contribution in [0.5, 0.6) is 0 Å². The molecular formula is C47H30N2OS. The van der Waals surface area contributed by atoms with E-state index >= 15 is 0 Å². The van der Waals surface area contributed by atoms with Crippen molar-refractivity contribution in [3.05, 3.63) is 182 Å². The molecule has 0 bridgehead atoms. The molecule has 0 fully saturated rings. The summed E-state index contributed by atoms with van der Waals surface area (Å²) in [6.07, 6.45) is 0. The van der Waals surface area contributed by atoms with Gasteiger partial charge in [0.05, 0.1) is 10.2 Å². The molecule has 10 rings (SSSR count). The second-order valence-electron chi connectivity index (χ2n) is 12.8. The van der Waals surface area contributed by atoms with Gasteiger partial charge in [0, 0.05) is 45.5 Å². The fraction of sp³-hybridized carbons (Fsp3) is 0. The van der Waals surface area contributed by atoms with E-state index in [2.05, 4.69) is 181 Å². The summed E-state index contributed by atoms with van der Waals surface area (Å²) < 4.78 is 7.70. The van der Waals surface area contributed by atoms with Crippen LogP contribution in [0.2, 0.25) is 0 Å². The first kappa shape index (κ1) is 29.4. The molecule has 3 nitrogen and oxygen atoms in total. The Labute approximate surface area is 299 Å². The van der Waals surface area contributed by atoms with Gasteiger partial charge in [-0.2, -0.15) is 0 Å². The summed E-state index contributed by atoms with van der Waals surface area (Å²) in [7, 11) is 0. The third-order valence-electron chi connectivity index (χ3n) is 9.70. The zero-order chi connectivity index (χ0) is 33.7. The standard InChI is InChI=1S/C47H30N2OS/c1-3-10-31(11-4-1)32-18-22-36(23-19-32)49(37-24-20-34(21-25-37)40-17-9-15-33-12-7-8-16-39(33)40)38-26-27-41-42-29-43-46(30-45(42)50-44(41)28-38)51-47(48-43)35-13-5-2-6-14-35/h1-30H. The lowest BCUT2D eigenvalue weighted by Gasteiger charge is -2.26. The van der Waals surface area contributed by atoms with E-state index in [4.69, 9.17) is 9.40 Å². The second kappa shape index (κ2) is 12.1. The van der Waals surface area contributed by atoms with Gasteiger partial charge in [0.2, 0.25) is 0 Å². The van der Waals surface area contributed by atoms with E-state index in [1.807, 2.05) is 6.07 Å². The smallest absolute Gasteiger partial charge is 0.137 e. The highest BCUT2D eigenvalue weighted by Gasteiger charge is 2.18. The first-order chi connectivity index (χ1) is 25.2. The highest BCUT2D eigenvalue weighted by Crippen LogP contribution is 2.42. The van der Waals surface area contributed by atoms with Crippen LogP contribution in [0, 0.1) is 0 Å². The minimum absolute atomic E-state index is 0.849. The van der Waals surface area contributed by atoms with Crippen molar-refractivity contribution >= 4 is 71.3 Å². The summed E-state index contributed by atoms with van der Waals surface area (Å²) in [4.78, 5) is 7.29. The summed E-state index contributed by atoms with van der Waals surface area (Å²) in [6.45, 7) is 0. The second-order valence-corrected chi connectivity index (χ2v) is 13.8. The van der Waals surface area contributed by atoms with E-state index in [-0.39, 0.29) is 0 Å². The molecule has 0 saturated heterocycles. The lowest BCUT2D eigenvalue weighted by atomic mass is 9.98. The van der Waals surface area contributed by atoms with Crippen LogP contribution in [0.4, 0.5) is 17.1 Å². The molecule has 51 heavy (non-hydrogen) atoms. The van der Waals surface area contributed by atoms with Gasteiger partial charge >= 0.3 is 0 Å². The van der Waals surface area contributed by atoms with Crippen LogP contribution in [0.3, 0.4) is 0 Å². The molecule has 0 aliphatic carbocycles.